The maximum atomic E-state index is 13.7. The predicted molar refractivity (Wildman–Crippen MR) is 139 cm³/mol. The Morgan fingerprint density at radius 3 is 2.56 bits per heavy atom. The van der Waals surface area contributed by atoms with E-state index in [1.54, 1.807) is 28.0 Å². The number of anilines is 2. The zero-order valence-corrected chi connectivity index (χ0v) is 21.4. The molecule has 1 atom stereocenters. The molecule has 0 aliphatic carbocycles. The number of likely N-dealkylation sites (N-methyl/N-ethyl adjacent to an activating group) is 1. The Bertz CT molecular complexity index is 1150. The maximum Gasteiger partial charge on any atom is 0.234 e. The first-order chi connectivity index (χ1) is 15.9. The van der Waals surface area contributed by atoms with Crippen LogP contribution in [0.5, 0.6) is 0 Å². The highest BCUT2D eigenvalue weighted by molar-refractivity contribution is 7.22. The molecule has 10 heteroatoms. The summed E-state index contributed by atoms with van der Waals surface area (Å²) in [5.74, 6) is -1.11. The van der Waals surface area contributed by atoms with E-state index in [0.29, 0.717) is 28.9 Å². The van der Waals surface area contributed by atoms with E-state index in [2.05, 4.69) is 23.7 Å². The molecule has 0 bridgehead atoms. The average Bonchev–Trinajstić information content (AvgIpc) is 3.40. The number of aromatic nitrogens is 1. The van der Waals surface area contributed by atoms with Gasteiger partial charge in [-0.1, -0.05) is 36.8 Å². The summed E-state index contributed by atoms with van der Waals surface area (Å²) in [5, 5.41) is 1.23. The summed E-state index contributed by atoms with van der Waals surface area (Å²) in [6.07, 6.45) is 0.120. The molecule has 2 aromatic carbocycles. The summed E-state index contributed by atoms with van der Waals surface area (Å²) in [6.45, 7) is 7.40. The SMILES string of the molecule is CCN(CC)CCN(C(=O)C1CC(=O)N(c2ccc(F)cc2)C1)c1nc2ccc(Cl)cc2s1.Cl. The van der Waals surface area contributed by atoms with E-state index < -0.39 is 5.92 Å². The molecule has 2 amide bonds. The van der Waals surface area contributed by atoms with Crippen LogP contribution in [0, 0.1) is 11.7 Å². The van der Waals surface area contributed by atoms with Gasteiger partial charge >= 0.3 is 0 Å². The minimum absolute atomic E-state index is 0. The summed E-state index contributed by atoms with van der Waals surface area (Å²) in [6, 6.07) is 11.2. The zero-order chi connectivity index (χ0) is 23.5. The van der Waals surface area contributed by atoms with E-state index >= 15 is 0 Å². The number of hydrogen-bond donors (Lipinski definition) is 0. The molecule has 182 valence electrons. The van der Waals surface area contributed by atoms with Gasteiger partial charge in [0.05, 0.1) is 16.1 Å². The van der Waals surface area contributed by atoms with Crippen LogP contribution in [0.2, 0.25) is 5.02 Å². The van der Waals surface area contributed by atoms with Crippen LogP contribution in [-0.4, -0.2) is 54.4 Å². The standard InChI is InChI=1S/C24H26ClFN4O2S.ClH/c1-3-28(4-2)11-12-29(24-27-20-10-5-17(25)14-21(20)33-24)23(32)16-13-22(31)30(15-16)19-8-6-18(26)7-9-19;/h5-10,14,16H,3-4,11-13,15H2,1-2H3;1H. The number of thiazole rings is 1. The third kappa shape index (κ3) is 5.68. The Morgan fingerprint density at radius 2 is 1.88 bits per heavy atom. The van der Waals surface area contributed by atoms with Crippen LogP contribution >= 0.6 is 35.3 Å². The quantitative estimate of drug-likeness (QED) is 0.404. The number of amides is 2. The summed E-state index contributed by atoms with van der Waals surface area (Å²) in [4.78, 5) is 36.6. The number of fused-ring (bicyclic) bond motifs is 1. The molecule has 0 spiro atoms. The van der Waals surface area contributed by atoms with Crippen LogP contribution in [0.15, 0.2) is 42.5 Å². The van der Waals surface area contributed by atoms with Gasteiger partial charge in [-0.3, -0.25) is 14.5 Å². The minimum atomic E-state index is -0.491. The van der Waals surface area contributed by atoms with Gasteiger partial charge in [-0.25, -0.2) is 9.37 Å². The first kappa shape index (κ1) is 26.3. The molecule has 0 radical (unpaired) electrons. The summed E-state index contributed by atoms with van der Waals surface area (Å²) < 4.78 is 14.2. The van der Waals surface area contributed by atoms with E-state index in [1.807, 2.05) is 12.1 Å². The van der Waals surface area contributed by atoms with Crippen molar-refractivity contribution in [2.75, 3.05) is 42.5 Å². The molecule has 1 saturated heterocycles. The van der Waals surface area contributed by atoms with Gasteiger partial charge in [0.15, 0.2) is 5.13 Å². The third-order valence-electron chi connectivity index (χ3n) is 5.98. The van der Waals surface area contributed by atoms with Gasteiger partial charge < -0.3 is 9.80 Å². The fourth-order valence-corrected chi connectivity index (χ4v) is 5.32. The van der Waals surface area contributed by atoms with Crippen LogP contribution in [-0.2, 0) is 9.59 Å². The lowest BCUT2D eigenvalue weighted by atomic mass is 10.1. The summed E-state index contributed by atoms with van der Waals surface area (Å²) in [7, 11) is 0. The van der Waals surface area contributed by atoms with Crippen molar-refractivity contribution < 1.29 is 14.0 Å². The summed E-state index contributed by atoms with van der Waals surface area (Å²) in [5.41, 5.74) is 1.39. The summed E-state index contributed by atoms with van der Waals surface area (Å²) >= 11 is 7.56. The normalized spacial score (nSPS) is 15.7. The highest BCUT2D eigenvalue weighted by atomic mass is 35.5. The first-order valence-electron chi connectivity index (χ1n) is 11.0. The second-order valence-corrected chi connectivity index (χ2v) is 9.45. The Morgan fingerprint density at radius 1 is 1.18 bits per heavy atom. The molecule has 0 N–H and O–H groups in total. The van der Waals surface area contributed by atoms with Crippen molar-refractivity contribution in [1.82, 2.24) is 9.88 Å². The molecule has 1 fully saturated rings. The number of benzene rings is 2. The van der Waals surface area contributed by atoms with Crippen LogP contribution in [0.1, 0.15) is 20.3 Å². The second-order valence-electron chi connectivity index (χ2n) is 8.01. The Labute approximate surface area is 213 Å². The van der Waals surface area contributed by atoms with Crippen molar-refractivity contribution in [1.29, 1.82) is 0 Å². The predicted octanol–water partition coefficient (Wildman–Crippen LogP) is 5.24. The van der Waals surface area contributed by atoms with Gasteiger partial charge in [-0.2, -0.15) is 0 Å². The van der Waals surface area contributed by atoms with Crippen LogP contribution in [0.3, 0.4) is 0 Å². The van der Waals surface area contributed by atoms with Gasteiger partial charge in [0.25, 0.3) is 0 Å². The fourth-order valence-electron chi connectivity index (χ4n) is 4.05. The van der Waals surface area contributed by atoms with Gasteiger partial charge in [0, 0.05) is 36.8 Å². The van der Waals surface area contributed by atoms with Crippen LogP contribution in [0.4, 0.5) is 15.2 Å². The lowest BCUT2D eigenvalue weighted by Crippen LogP contribution is -2.42. The maximum absolute atomic E-state index is 13.7. The van der Waals surface area contributed by atoms with E-state index in [-0.39, 0.29) is 43.0 Å². The lowest BCUT2D eigenvalue weighted by molar-refractivity contribution is -0.124. The Hall–Kier alpha value is -2.26. The van der Waals surface area contributed by atoms with Crippen molar-refractivity contribution in [2.45, 2.75) is 20.3 Å². The molecular formula is C24H27Cl2FN4O2S. The van der Waals surface area contributed by atoms with Crippen molar-refractivity contribution >= 4 is 68.2 Å². The number of halogens is 3. The number of hydrogen-bond acceptors (Lipinski definition) is 5. The Kier molecular flexibility index (Phi) is 8.87. The average molecular weight is 525 g/mol. The Balaban J connectivity index is 0.00000324. The fraction of sp³-hybridized carbons (Fsp3) is 0.375. The molecule has 6 nitrogen and oxygen atoms in total. The molecule has 1 aliphatic heterocycles. The smallest absolute Gasteiger partial charge is 0.234 e. The molecule has 1 unspecified atom stereocenters. The van der Waals surface area contributed by atoms with Gasteiger partial charge in [0.1, 0.15) is 5.82 Å². The molecule has 0 saturated carbocycles. The highest BCUT2D eigenvalue weighted by Crippen LogP contribution is 2.33. The van der Waals surface area contributed by atoms with Crippen molar-refractivity contribution in [3.63, 3.8) is 0 Å². The van der Waals surface area contributed by atoms with E-state index in [4.69, 9.17) is 11.6 Å². The molecular weight excluding hydrogens is 498 g/mol. The molecule has 1 aliphatic rings. The molecule has 3 aromatic rings. The topological polar surface area (TPSA) is 56.8 Å². The highest BCUT2D eigenvalue weighted by Gasteiger charge is 2.38. The number of rotatable bonds is 8. The minimum Gasteiger partial charge on any atom is -0.312 e. The number of carbonyl (C=O) groups is 2. The van der Waals surface area contributed by atoms with Crippen molar-refractivity contribution in [3.8, 4) is 0 Å². The lowest BCUT2D eigenvalue weighted by Gasteiger charge is -2.26. The van der Waals surface area contributed by atoms with E-state index in [9.17, 15) is 14.0 Å². The van der Waals surface area contributed by atoms with E-state index in [0.717, 1.165) is 23.3 Å². The second kappa shape index (κ2) is 11.4. The van der Waals surface area contributed by atoms with Gasteiger partial charge in [0.2, 0.25) is 11.8 Å². The molecule has 2 heterocycles. The third-order valence-corrected chi connectivity index (χ3v) is 7.26. The van der Waals surface area contributed by atoms with Crippen molar-refractivity contribution in [3.05, 3.63) is 53.3 Å². The largest absolute Gasteiger partial charge is 0.312 e. The van der Waals surface area contributed by atoms with E-state index in [1.165, 1.54) is 23.5 Å². The zero-order valence-electron chi connectivity index (χ0n) is 19.0. The van der Waals surface area contributed by atoms with Gasteiger partial charge in [-0.05, 0) is 55.6 Å². The van der Waals surface area contributed by atoms with Crippen LogP contribution < -0.4 is 9.80 Å². The molecule has 34 heavy (non-hydrogen) atoms. The van der Waals surface area contributed by atoms with Gasteiger partial charge in [-0.15, -0.1) is 12.4 Å². The molecule has 1 aromatic heterocycles. The number of nitrogens with zero attached hydrogens (tertiary/aromatic N) is 4. The number of carbonyl (C=O) groups excluding carboxylic acids is 2. The monoisotopic (exact) mass is 524 g/mol. The van der Waals surface area contributed by atoms with Crippen molar-refractivity contribution in [2.24, 2.45) is 5.92 Å². The van der Waals surface area contributed by atoms with Crippen LogP contribution in [0.25, 0.3) is 10.2 Å². The first-order valence-corrected chi connectivity index (χ1v) is 12.2. The molecule has 4 rings (SSSR count).